The maximum absolute atomic E-state index is 13.1. The van der Waals surface area contributed by atoms with Crippen LogP contribution in [0.1, 0.15) is 56.3 Å². The zero-order chi connectivity index (χ0) is 19.8. The van der Waals surface area contributed by atoms with E-state index in [1.54, 1.807) is 25.3 Å². The lowest BCUT2D eigenvalue weighted by Gasteiger charge is -2.33. The minimum absolute atomic E-state index is 0.0581. The van der Waals surface area contributed by atoms with E-state index in [-0.39, 0.29) is 18.2 Å². The molecule has 2 rings (SSSR count). The number of hydrogen-bond donors (Lipinski definition) is 1. The predicted molar refractivity (Wildman–Crippen MR) is 103 cm³/mol. The summed E-state index contributed by atoms with van der Waals surface area (Å²) in [5.74, 6) is 1.12. The standard InChI is InChI=1S/C21H31NO5/c1-15(2)10-12-27-19-13-17(26-3)7-8-18(19)21(25)22-11-4-5-16(14-22)6-9-20(23)24/h7-8,13,15-16H,4-6,9-12,14H2,1-3H3,(H,23,24). The number of rotatable bonds is 9. The minimum Gasteiger partial charge on any atom is -0.497 e. The molecule has 150 valence electrons. The minimum atomic E-state index is -0.783. The van der Waals surface area contributed by atoms with Crippen molar-refractivity contribution in [3.05, 3.63) is 23.8 Å². The number of methoxy groups -OCH3 is 1. The molecule has 1 atom stereocenters. The lowest BCUT2D eigenvalue weighted by Crippen LogP contribution is -2.40. The van der Waals surface area contributed by atoms with Gasteiger partial charge in [0.2, 0.25) is 0 Å². The van der Waals surface area contributed by atoms with Gasteiger partial charge in [-0.3, -0.25) is 9.59 Å². The van der Waals surface area contributed by atoms with Crippen molar-refractivity contribution >= 4 is 11.9 Å². The van der Waals surface area contributed by atoms with Gasteiger partial charge < -0.3 is 19.5 Å². The van der Waals surface area contributed by atoms with Crippen molar-refractivity contribution in [3.8, 4) is 11.5 Å². The Bertz CT molecular complexity index is 643. The number of carboxylic acids is 1. The van der Waals surface area contributed by atoms with Crippen LogP contribution in [0, 0.1) is 11.8 Å². The molecule has 6 heteroatoms. The summed E-state index contributed by atoms with van der Waals surface area (Å²) in [6.45, 7) is 6.10. The van der Waals surface area contributed by atoms with Crippen molar-refractivity contribution in [2.45, 2.75) is 46.0 Å². The molecule has 1 heterocycles. The lowest BCUT2D eigenvalue weighted by atomic mass is 9.93. The van der Waals surface area contributed by atoms with Gasteiger partial charge in [-0.05, 0) is 49.7 Å². The molecule has 1 aromatic rings. The monoisotopic (exact) mass is 377 g/mol. The van der Waals surface area contributed by atoms with Gasteiger partial charge in [0, 0.05) is 25.6 Å². The maximum atomic E-state index is 13.1. The van der Waals surface area contributed by atoms with E-state index in [1.807, 2.05) is 4.90 Å². The summed E-state index contributed by atoms with van der Waals surface area (Å²) in [6, 6.07) is 5.29. The molecule has 0 aromatic heterocycles. The number of nitrogens with zero attached hydrogens (tertiary/aromatic N) is 1. The fourth-order valence-electron chi connectivity index (χ4n) is 3.31. The molecule has 1 fully saturated rings. The summed E-state index contributed by atoms with van der Waals surface area (Å²) in [5.41, 5.74) is 0.540. The zero-order valence-electron chi connectivity index (χ0n) is 16.6. The van der Waals surface area contributed by atoms with Gasteiger partial charge in [-0.25, -0.2) is 0 Å². The molecule has 0 aliphatic carbocycles. The van der Waals surface area contributed by atoms with E-state index in [2.05, 4.69) is 13.8 Å². The van der Waals surface area contributed by atoms with Gasteiger partial charge >= 0.3 is 5.97 Å². The van der Waals surface area contributed by atoms with E-state index in [0.717, 1.165) is 19.3 Å². The van der Waals surface area contributed by atoms with Gasteiger partial charge in [-0.2, -0.15) is 0 Å². The molecule has 1 unspecified atom stereocenters. The summed E-state index contributed by atoms with van der Waals surface area (Å²) in [4.78, 5) is 25.7. The molecule has 0 spiro atoms. The highest BCUT2D eigenvalue weighted by atomic mass is 16.5. The zero-order valence-corrected chi connectivity index (χ0v) is 16.6. The first-order valence-electron chi connectivity index (χ1n) is 9.72. The van der Waals surface area contributed by atoms with Crippen LogP contribution in [0.4, 0.5) is 0 Å². The summed E-state index contributed by atoms with van der Waals surface area (Å²) in [6.07, 6.45) is 3.54. The highest BCUT2D eigenvalue weighted by molar-refractivity contribution is 5.97. The first-order chi connectivity index (χ1) is 12.9. The fraction of sp³-hybridized carbons (Fsp3) is 0.619. The van der Waals surface area contributed by atoms with E-state index in [1.165, 1.54) is 0 Å². The van der Waals surface area contributed by atoms with Crippen LogP contribution in [0.5, 0.6) is 11.5 Å². The van der Waals surface area contributed by atoms with Gasteiger partial charge in [0.1, 0.15) is 11.5 Å². The molecule has 1 saturated heterocycles. The van der Waals surface area contributed by atoms with E-state index >= 15 is 0 Å². The highest BCUT2D eigenvalue weighted by Gasteiger charge is 2.27. The van der Waals surface area contributed by atoms with Crippen molar-refractivity contribution in [2.75, 3.05) is 26.8 Å². The number of amides is 1. The van der Waals surface area contributed by atoms with Crippen molar-refractivity contribution < 1.29 is 24.2 Å². The fourth-order valence-corrected chi connectivity index (χ4v) is 3.31. The molecule has 1 aliphatic heterocycles. The van der Waals surface area contributed by atoms with Gasteiger partial charge in [-0.15, -0.1) is 0 Å². The third-order valence-electron chi connectivity index (χ3n) is 4.94. The topological polar surface area (TPSA) is 76.1 Å². The Hall–Kier alpha value is -2.24. The van der Waals surface area contributed by atoms with Crippen LogP contribution >= 0.6 is 0 Å². The van der Waals surface area contributed by atoms with Crippen molar-refractivity contribution in [1.82, 2.24) is 4.90 Å². The van der Waals surface area contributed by atoms with E-state index in [0.29, 0.717) is 49.1 Å². The number of carboxylic acid groups (broad SMARTS) is 1. The third kappa shape index (κ3) is 6.45. The molecule has 1 aromatic carbocycles. The molecule has 1 N–H and O–H groups in total. The summed E-state index contributed by atoms with van der Waals surface area (Å²) in [7, 11) is 1.59. The normalized spacial score (nSPS) is 17.0. The molecule has 0 bridgehead atoms. The van der Waals surface area contributed by atoms with Gasteiger partial charge in [0.15, 0.2) is 0 Å². The molecule has 1 amide bonds. The third-order valence-corrected chi connectivity index (χ3v) is 4.94. The Morgan fingerprint density at radius 3 is 2.78 bits per heavy atom. The SMILES string of the molecule is COc1ccc(C(=O)N2CCCC(CCC(=O)O)C2)c(OCCC(C)C)c1. The molecule has 6 nitrogen and oxygen atoms in total. The lowest BCUT2D eigenvalue weighted by molar-refractivity contribution is -0.137. The second-order valence-corrected chi connectivity index (χ2v) is 7.58. The largest absolute Gasteiger partial charge is 0.497 e. The average molecular weight is 377 g/mol. The maximum Gasteiger partial charge on any atom is 0.303 e. The van der Waals surface area contributed by atoms with Crippen LogP contribution in [0.25, 0.3) is 0 Å². The second-order valence-electron chi connectivity index (χ2n) is 7.58. The van der Waals surface area contributed by atoms with Crippen LogP contribution < -0.4 is 9.47 Å². The van der Waals surface area contributed by atoms with E-state index < -0.39 is 5.97 Å². The number of carbonyl (C=O) groups is 2. The summed E-state index contributed by atoms with van der Waals surface area (Å²) < 4.78 is 11.2. The number of ether oxygens (including phenoxy) is 2. The van der Waals surface area contributed by atoms with E-state index in [4.69, 9.17) is 14.6 Å². The first kappa shape index (κ1) is 21.1. The van der Waals surface area contributed by atoms with Crippen molar-refractivity contribution in [1.29, 1.82) is 0 Å². The number of carbonyl (C=O) groups excluding carboxylic acids is 1. The van der Waals surface area contributed by atoms with Gasteiger partial charge in [-0.1, -0.05) is 13.8 Å². The summed E-state index contributed by atoms with van der Waals surface area (Å²) >= 11 is 0. The average Bonchev–Trinajstić information content (AvgIpc) is 2.65. The van der Waals surface area contributed by atoms with Crippen LogP contribution in [-0.4, -0.2) is 48.7 Å². The molecular formula is C21H31NO5. The quantitative estimate of drug-likeness (QED) is 0.708. The highest BCUT2D eigenvalue weighted by Crippen LogP contribution is 2.29. The predicted octanol–water partition coefficient (Wildman–Crippen LogP) is 3.84. The Balaban J connectivity index is 2.10. The van der Waals surface area contributed by atoms with E-state index in [9.17, 15) is 9.59 Å². The Morgan fingerprint density at radius 1 is 1.33 bits per heavy atom. The molecule has 0 saturated carbocycles. The van der Waals surface area contributed by atoms with Gasteiger partial charge in [0.25, 0.3) is 5.91 Å². The summed E-state index contributed by atoms with van der Waals surface area (Å²) in [5, 5.41) is 8.90. The van der Waals surface area contributed by atoms with Crippen LogP contribution in [-0.2, 0) is 4.79 Å². The van der Waals surface area contributed by atoms with Crippen LogP contribution in [0.15, 0.2) is 18.2 Å². The Morgan fingerprint density at radius 2 is 2.11 bits per heavy atom. The Labute approximate surface area is 161 Å². The number of piperidine rings is 1. The van der Waals surface area contributed by atoms with Crippen LogP contribution in [0.2, 0.25) is 0 Å². The number of likely N-dealkylation sites (tertiary alicyclic amines) is 1. The molecule has 27 heavy (non-hydrogen) atoms. The molecular weight excluding hydrogens is 346 g/mol. The molecule has 0 radical (unpaired) electrons. The number of hydrogen-bond acceptors (Lipinski definition) is 4. The number of aliphatic carboxylic acids is 1. The van der Waals surface area contributed by atoms with Gasteiger partial charge in [0.05, 0.1) is 19.3 Å². The number of benzene rings is 1. The van der Waals surface area contributed by atoms with Crippen molar-refractivity contribution in [2.24, 2.45) is 11.8 Å². The smallest absolute Gasteiger partial charge is 0.303 e. The Kier molecular flexibility index (Phi) is 7.95. The molecule has 1 aliphatic rings. The second kappa shape index (κ2) is 10.2. The van der Waals surface area contributed by atoms with Crippen molar-refractivity contribution in [3.63, 3.8) is 0 Å². The van der Waals surface area contributed by atoms with Crippen LogP contribution in [0.3, 0.4) is 0 Å². The first-order valence-corrected chi connectivity index (χ1v) is 9.72.